The van der Waals surface area contributed by atoms with E-state index in [2.05, 4.69) is 0 Å². The van der Waals surface area contributed by atoms with Gasteiger partial charge in [0.15, 0.2) is 11.6 Å². The fourth-order valence-electron chi connectivity index (χ4n) is 5.56. The number of ether oxygens (including phenoxy) is 2. The normalized spacial score (nSPS) is 19.4. The number of methoxy groups -OCH3 is 1. The average Bonchev–Trinajstić information content (AvgIpc) is 3.15. The molecule has 0 aliphatic carbocycles. The number of halogens is 2. The van der Waals surface area contributed by atoms with Crippen molar-refractivity contribution in [2.75, 3.05) is 31.7 Å². The first-order chi connectivity index (χ1) is 18.5. The second-order valence-electron chi connectivity index (χ2n) is 9.63. The lowest BCUT2D eigenvalue weighted by Gasteiger charge is -2.44. The van der Waals surface area contributed by atoms with Crippen LogP contribution in [-0.2, 0) is 14.3 Å². The van der Waals surface area contributed by atoms with Crippen LogP contribution in [0.1, 0.15) is 36.3 Å². The largest absolute Gasteiger partial charge is 0.491 e. The zero-order valence-corrected chi connectivity index (χ0v) is 21.2. The summed E-state index contributed by atoms with van der Waals surface area (Å²) < 4.78 is 39.0. The van der Waals surface area contributed by atoms with E-state index in [1.807, 2.05) is 65.6 Å². The van der Waals surface area contributed by atoms with Crippen molar-refractivity contribution in [1.82, 2.24) is 4.90 Å². The molecule has 0 N–H and O–H groups in total. The van der Waals surface area contributed by atoms with E-state index in [0.717, 1.165) is 23.3 Å². The van der Waals surface area contributed by atoms with Gasteiger partial charge in [0.25, 0.3) is 0 Å². The summed E-state index contributed by atoms with van der Waals surface area (Å²) in [6, 6.07) is 20.2. The molecule has 2 aliphatic rings. The second kappa shape index (κ2) is 11.2. The topological polar surface area (TPSA) is 59.1 Å². The minimum Gasteiger partial charge on any atom is -0.491 e. The molecule has 8 heteroatoms. The highest BCUT2D eigenvalue weighted by atomic mass is 19.2. The monoisotopic (exact) mass is 520 g/mol. The van der Waals surface area contributed by atoms with Gasteiger partial charge in [-0.3, -0.25) is 4.79 Å². The molecular weight excluding hydrogens is 490 g/mol. The Kier molecular flexibility index (Phi) is 7.58. The number of rotatable bonds is 5. The van der Waals surface area contributed by atoms with Crippen LogP contribution in [0.15, 0.2) is 72.8 Å². The van der Waals surface area contributed by atoms with Crippen molar-refractivity contribution < 1.29 is 27.8 Å². The zero-order valence-electron chi connectivity index (χ0n) is 21.2. The third kappa shape index (κ3) is 5.08. The van der Waals surface area contributed by atoms with E-state index >= 15 is 0 Å². The Labute approximate surface area is 220 Å². The predicted molar refractivity (Wildman–Crippen MR) is 139 cm³/mol. The van der Waals surface area contributed by atoms with E-state index in [4.69, 9.17) is 9.47 Å². The number of nitrogens with zero attached hydrogens (tertiary/aromatic N) is 2. The molecule has 0 saturated carbocycles. The van der Waals surface area contributed by atoms with Crippen molar-refractivity contribution in [2.45, 2.75) is 37.3 Å². The number of piperidine rings is 1. The highest BCUT2D eigenvalue weighted by Crippen LogP contribution is 2.38. The number of carbonyl (C=O) groups excluding carboxylic acids is 2. The zero-order chi connectivity index (χ0) is 26.6. The number of likely N-dealkylation sites (tertiary alicyclic amines) is 1. The molecule has 38 heavy (non-hydrogen) atoms. The lowest BCUT2D eigenvalue weighted by atomic mass is 9.87. The summed E-state index contributed by atoms with van der Waals surface area (Å²) >= 11 is 0. The molecule has 3 aromatic carbocycles. The van der Waals surface area contributed by atoms with E-state index < -0.39 is 29.6 Å². The minimum atomic E-state index is -0.966. The summed E-state index contributed by atoms with van der Waals surface area (Å²) in [5.41, 5.74) is 2.14. The van der Waals surface area contributed by atoms with Crippen molar-refractivity contribution >= 4 is 17.6 Å². The predicted octanol–water partition coefficient (Wildman–Crippen LogP) is 4.92. The number of esters is 1. The van der Waals surface area contributed by atoms with Crippen molar-refractivity contribution in [3.05, 3.63) is 95.6 Å². The quantitative estimate of drug-likeness (QED) is 0.447. The highest BCUT2D eigenvalue weighted by molar-refractivity contribution is 5.91. The molecule has 3 aromatic rings. The Morgan fingerprint density at radius 2 is 1.58 bits per heavy atom. The summed E-state index contributed by atoms with van der Waals surface area (Å²) in [5.74, 6) is -2.90. The molecule has 2 heterocycles. The van der Waals surface area contributed by atoms with E-state index in [9.17, 15) is 18.4 Å². The fraction of sp³-hybridized carbons (Fsp3) is 0.333. The molecule has 198 valence electrons. The van der Waals surface area contributed by atoms with Gasteiger partial charge in [0.05, 0.1) is 25.3 Å². The van der Waals surface area contributed by atoms with Crippen LogP contribution in [0.25, 0.3) is 0 Å². The van der Waals surface area contributed by atoms with E-state index in [-0.39, 0.29) is 17.7 Å². The lowest BCUT2D eigenvalue weighted by Crippen LogP contribution is -2.56. The molecule has 0 radical (unpaired) electrons. The standard InChI is InChI=1S/C30H30F2N2O4/c1-37-30(36)26-17-22(33-14-8-16-38-27-19-24(32)23(31)18-25(27)33)13-15-34(26)29(35)28(20-9-4-2-5-10-20)21-11-6-3-7-12-21/h2-7,9-12,18-19,22,26,28H,8,13-17H2,1H3/t22?,26-/m0/s1. The molecule has 1 amide bonds. The Hall–Kier alpha value is -3.94. The van der Waals surface area contributed by atoms with Gasteiger partial charge in [-0.15, -0.1) is 0 Å². The summed E-state index contributed by atoms with van der Waals surface area (Å²) in [6.07, 6.45) is 1.51. The molecule has 1 saturated heterocycles. The molecule has 5 rings (SSSR count). The van der Waals surface area contributed by atoms with Gasteiger partial charge >= 0.3 is 5.97 Å². The van der Waals surface area contributed by atoms with Crippen molar-refractivity contribution in [2.24, 2.45) is 0 Å². The fourth-order valence-corrected chi connectivity index (χ4v) is 5.56. The number of fused-ring (bicyclic) bond motifs is 1. The smallest absolute Gasteiger partial charge is 0.328 e. The van der Waals surface area contributed by atoms with Gasteiger partial charge in [0.2, 0.25) is 5.91 Å². The van der Waals surface area contributed by atoms with Gasteiger partial charge < -0.3 is 19.3 Å². The van der Waals surface area contributed by atoms with E-state index in [1.54, 1.807) is 4.90 Å². The van der Waals surface area contributed by atoms with Crippen LogP contribution >= 0.6 is 0 Å². The van der Waals surface area contributed by atoms with E-state index in [1.165, 1.54) is 7.11 Å². The first-order valence-corrected chi connectivity index (χ1v) is 12.8. The first-order valence-electron chi connectivity index (χ1n) is 12.8. The number of amides is 1. The van der Waals surface area contributed by atoms with Crippen LogP contribution in [0.2, 0.25) is 0 Å². The van der Waals surface area contributed by atoms with Crippen molar-refractivity contribution in [3.8, 4) is 5.75 Å². The summed E-state index contributed by atoms with van der Waals surface area (Å²) in [4.78, 5) is 30.8. The van der Waals surface area contributed by atoms with Gasteiger partial charge in [-0.05, 0) is 30.4 Å². The number of benzene rings is 3. The van der Waals surface area contributed by atoms with Crippen LogP contribution < -0.4 is 9.64 Å². The van der Waals surface area contributed by atoms with Crippen LogP contribution in [0.5, 0.6) is 5.75 Å². The summed E-state index contributed by atoms with van der Waals surface area (Å²) in [5, 5.41) is 0. The number of hydrogen-bond acceptors (Lipinski definition) is 5. The second-order valence-corrected chi connectivity index (χ2v) is 9.63. The maximum Gasteiger partial charge on any atom is 0.328 e. The van der Waals surface area contributed by atoms with Gasteiger partial charge in [0, 0.05) is 31.3 Å². The lowest BCUT2D eigenvalue weighted by molar-refractivity contribution is -0.155. The maximum absolute atomic E-state index is 14.2. The average molecular weight is 521 g/mol. The van der Waals surface area contributed by atoms with Gasteiger partial charge in [-0.1, -0.05) is 60.7 Å². The van der Waals surface area contributed by atoms with Gasteiger partial charge in [-0.2, -0.15) is 0 Å². The number of hydrogen-bond donors (Lipinski definition) is 0. The summed E-state index contributed by atoms with van der Waals surface area (Å²) in [7, 11) is 1.31. The van der Waals surface area contributed by atoms with Crippen molar-refractivity contribution in [3.63, 3.8) is 0 Å². The molecular formula is C30H30F2N2O4. The third-order valence-electron chi connectivity index (χ3n) is 7.40. The SMILES string of the molecule is COC(=O)[C@@H]1CC(N2CCCOc3cc(F)c(F)cc32)CCN1C(=O)C(c1ccccc1)c1ccccc1. The van der Waals surface area contributed by atoms with Crippen LogP contribution in [0, 0.1) is 11.6 Å². The maximum atomic E-state index is 14.2. The molecule has 1 unspecified atom stereocenters. The molecule has 2 atom stereocenters. The van der Waals surface area contributed by atoms with Crippen LogP contribution in [0.4, 0.5) is 14.5 Å². The first kappa shape index (κ1) is 25.7. The molecule has 0 bridgehead atoms. The van der Waals surface area contributed by atoms with Crippen molar-refractivity contribution in [1.29, 1.82) is 0 Å². The summed E-state index contributed by atoms with van der Waals surface area (Å²) in [6.45, 7) is 1.25. The minimum absolute atomic E-state index is 0.177. The Morgan fingerprint density at radius 3 is 2.21 bits per heavy atom. The van der Waals surface area contributed by atoms with E-state index in [0.29, 0.717) is 44.6 Å². The Morgan fingerprint density at radius 1 is 0.947 bits per heavy atom. The van der Waals surface area contributed by atoms with Crippen LogP contribution in [0.3, 0.4) is 0 Å². The van der Waals surface area contributed by atoms with Crippen LogP contribution in [-0.4, -0.2) is 55.7 Å². The molecule has 0 spiro atoms. The number of carbonyl (C=O) groups is 2. The molecule has 2 aliphatic heterocycles. The highest BCUT2D eigenvalue weighted by Gasteiger charge is 2.42. The molecule has 6 nitrogen and oxygen atoms in total. The van der Waals surface area contributed by atoms with Gasteiger partial charge in [-0.25, -0.2) is 13.6 Å². The number of anilines is 1. The molecule has 1 fully saturated rings. The Balaban J connectivity index is 1.46. The third-order valence-corrected chi connectivity index (χ3v) is 7.40. The van der Waals surface area contributed by atoms with Gasteiger partial charge in [0.1, 0.15) is 11.8 Å². The molecule has 0 aromatic heterocycles. The Bertz CT molecular complexity index is 1250.